The molecule has 1 amide bonds. The molecular formula is C19H21NO3. The molecule has 0 spiro atoms. The molecule has 4 heteroatoms. The lowest BCUT2D eigenvalue weighted by molar-refractivity contribution is -0.115. The molecule has 3 rings (SSSR count). The Balaban J connectivity index is 1.69. The Bertz CT molecular complexity index is 702. The number of benzene rings is 2. The molecular weight excluding hydrogens is 290 g/mol. The molecule has 0 heterocycles. The van der Waals surface area contributed by atoms with Crippen molar-refractivity contribution in [3.63, 3.8) is 0 Å². The lowest BCUT2D eigenvalue weighted by Gasteiger charge is -2.10. The third-order valence-corrected chi connectivity index (χ3v) is 4.16. The van der Waals surface area contributed by atoms with Crippen LogP contribution in [0.15, 0.2) is 36.4 Å². The summed E-state index contributed by atoms with van der Waals surface area (Å²) >= 11 is 0. The van der Waals surface area contributed by atoms with Gasteiger partial charge in [0.2, 0.25) is 5.91 Å². The second kappa shape index (κ2) is 6.73. The van der Waals surface area contributed by atoms with Crippen LogP contribution in [-0.2, 0) is 24.1 Å². The highest BCUT2D eigenvalue weighted by Crippen LogP contribution is 2.26. The van der Waals surface area contributed by atoms with Crippen molar-refractivity contribution in [3.05, 3.63) is 53.1 Å². The average molecular weight is 311 g/mol. The first kappa shape index (κ1) is 15.4. The second-order valence-electron chi connectivity index (χ2n) is 5.78. The fourth-order valence-electron chi connectivity index (χ4n) is 3.01. The van der Waals surface area contributed by atoms with Gasteiger partial charge in [0.1, 0.15) is 11.5 Å². The predicted molar refractivity (Wildman–Crippen MR) is 90.3 cm³/mol. The molecule has 0 aliphatic heterocycles. The number of nitrogens with one attached hydrogen (secondary N) is 1. The van der Waals surface area contributed by atoms with Crippen LogP contribution in [0.1, 0.15) is 23.1 Å². The SMILES string of the molecule is COc1cc(CC(=O)Nc2ccc3c(c2)CCC3)cc(OC)c1. The molecule has 1 N–H and O–H groups in total. The van der Waals surface area contributed by atoms with E-state index in [1.807, 2.05) is 18.2 Å². The standard InChI is InChI=1S/C19H21NO3/c1-22-17-8-13(9-18(12-17)23-2)10-19(21)20-16-7-6-14-4-3-5-15(14)11-16/h6-9,11-12H,3-5,10H2,1-2H3,(H,20,21). The third-order valence-electron chi connectivity index (χ3n) is 4.16. The minimum Gasteiger partial charge on any atom is -0.497 e. The van der Waals surface area contributed by atoms with Crippen molar-refractivity contribution in [2.24, 2.45) is 0 Å². The summed E-state index contributed by atoms with van der Waals surface area (Å²) in [6, 6.07) is 11.7. The van der Waals surface area contributed by atoms with Crippen molar-refractivity contribution < 1.29 is 14.3 Å². The highest BCUT2D eigenvalue weighted by atomic mass is 16.5. The zero-order chi connectivity index (χ0) is 16.2. The Kier molecular flexibility index (Phi) is 4.51. The molecule has 2 aromatic rings. The van der Waals surface area contributed by atoms with E-state index in [0.717, 1.165) is 24.1 Å². The molecule has 0 radical (unpaired) electrons. The van der Waals surface area contributed by atoms with E-state index < -0.39 is 0 Å². The number of carbonyl (C=O) groups excluding carboxylic acids is 1. The highest BCUT2D eigenvalue weighted by molar-refractivity contribution is 5.92. The summed E-state index contributed by atoms with van der Waals surface area (Å²) in [5.74, 6) is 1.33. The fraction of sp³-hybridized carbons (Fsp3) is 0.316. The van der Waals surface area contributed by atoms with Crippen LogP contribution in [0.4, 0.5) is 5.69 Å². The van der Waals surface area contributed by atoms with E-state index in [0.29, 0.717) is 11.5 Å². The van der Waals surface area contributed by atoms with Gasteiger partial charge in [0.05, 0.1) is 20.6 Å². The van der Waals surface area contributed by atoms with Crippen molar-refractivity contribution in [2.75, 3.05) is 19.5 Å². The molecule has 0 unspecified atom stereocenters. The van der Waals surface area contributed by atoms with Crippen molar-refractivity contribution in [1.82, 2.24) is 0 Å². The van der Waals surface area contributed by atoms with Gasteiger partial charge in [-0.25, -0.2) is 0 Å². The second-order valence-corrected chi connectivity index (χ2v) is 5.78. The smallest absolute Gasteiger partial charge is 0.228 e. The van der Waals surface area contributed by atoms with Gasteiger partial charge in [0.25, 0.3) is 0 Å². The maximum absolute atomic E-state index is 12.3. The number of amides is 1. The maximum atomic E-state index is 12.3. The summed E-state index contributed by atoms with van der Waals surface area (Å²) in [6.45, 7) is 0. The number of carbonyl (C=O) groups is 1. The van der Waals surface area contributed by atoms with E-state index in [1.54, 1.807) is 20.3 Å². The number of rotatable bonds is 5. The molecule has 1 aliphatic carbocycles. The van der Waals surface area contributed by atoms with Gasteiger partial charge in [-0.1, -0.05) is 6.07 Å². The molecule has 0 aromatic heterocycles. The zero-order valence-electron chi connectivity index (χ0n) is 13.5. The summed E-state index contributed by atoms with van der Waals surface area (Å²) in [5, 5.41) is 2.97. The number of methoxy groups -OCH3 is 2. The van der Waals surface area contributed by atoms with Crippen LogP contribution >= 0.6 is 0 Å². The number of anilines is 1. The minimum atomic E-state index is -0.0433. The van der Waals surface area contributed by atoms with E-state index in [1.165, 1.54) is 17.5 Å². The molecule has 4 nitrogen and oxygen atoms in total. The van der Waals surface area contributed by atoms with Crippen LogP contribution in [0.25, 0.3) is 0 Å². The topological polar surface area (TPSA) is 47.6 Å². The van der Waals surface area contributed by atoms with Crippen LogP contribution in [0.5, 0.6) is 11.5 Å². The van der Waals surface area contributed by atoms with Gasteiger partial charge < -0.3 is 14.8 Å². The van der Waals surface area contributed by atoms with Crippen LogP contribution in [0.3, 0.4) is 0 Å². The van der Waals surface area contributed by atoms with Gasteiger partial charge >= 0.3 is 0 Å². The Hall–Kier alpha value is -2.49. The van der Waals surface area contributed by atoms with Gasteiger partial charge in [-0.2, -0.15) is 0 Å². The molecule has 120 valence electrons. The van der Waals surface area contributed by atoms with Gasteiger partial charge in [-0.05, 0) is 60.2 Å². The molecule has 0 atom stereocenters. The molecule has 1 aliphatic rings. The largest absolute Gasteiger partial charge is 0.497 e. The first-order valence-electron chi connectivity index (χ1n) is 7.81. The van der Waals surface area contributed by atoms with E-state index >= 15 is 0 Å². The number of ether oxygens (including phenoxy) is 2. The molecule has 23 heavy (non-hydrogen) atoms. The van der Waals surface area contributed by atoms with E-state index in [9.17, 15) is 4.79 Å². The van der Waals surface area contributed by atoms with E-state index in [2.05, 4.69) is 17.4 Å². The maximum Gasteiger partial charge on any atom is 0.228 e. The minimum absolute atomic E-state index is 0.0433. The Morgan fingerprint density at radius 1 is 1.00 bits per heavy atom. The lowest BCUT2D eigenvalue weighted by atomic mass is 10.1. The normalized spacial score (nSPS) is 12.6. The van der Waals surface area contributed by atoms with Gasteiger partial charge in [-0.15, -0.1) is 0 Å². The van der Waals surface area contributed by atoms with Crippen molar-refractivity contribution in [2.45, 2.75) is 25.7 Å². The third kappa shape index (κ3) is 3.65. The summed E-state index contributed by atoms with van der Waals surface area (Å²) in [5.41, 5.74) is 4.48. The van der Waals surface area contributed by atoms with Crippen molar-refractivity contribution in [1.29, 1.82) is 0 Å². The molecule has 0 saturated heterocycles. The number of hydrogen-bond acceptors (Lipinski definition) is 3. The predicted octanol–water partition coefficient (Wildman–Crippen LogP) is 3.37. The van der Waals surface area contributed by atoms with Crippen LogP contribution in [0.2, 0.25) is 0 Å². The number of aryl methyl sites for hydroxylation is 2. The summed E-state index contributed by atoms with van der Waals surface area (Å²) < 4.78 is 10.5. The lowest BCUT2D eigenvalue weighted by Crippen LogP contribution is -2.14. The van der Waals surface area contributed by atoms with Crippen molar-refractivity contribution in [3.8, 4) is 11.5 Å². The molecule has 0 fully saturated rings. The number of hydrogen-bond donors (Lipinski definition) is 1. The van der Waals surface area contributed by atoms with Crippen LogP contribution in [0, 0.1) is 0 Å². The summed E-state index contributed by atoms with van der Waals surface area (Å²) in [6.07, 6.45) is 3.74. The Morgan fingerprint density at radius 3 is 2.39 bits per heavy atom. The van der Waals surface area contributed by atoms with E-state index in [-0.39, 0.29) is 12.3 Å². The molecule has 2 aromatic carbocycles. The zero-order valence-corrected chi connectivity index (χ0v) is 13.5. The first-order valence-corrected chi connectivity index (χ1v) is 7.81. The monoisotopic (exact) mass is 311 g/mol. The Morgan fingerprint density at radius 2 is 1.70 bits per heavy atom. The van der Waals surface area contributed by atoms with Gasteiger partial charge in [-0.3, -0.25) is 4.79 Å². The Labute approximate surface area is 136 Å². The van der Waals surface area contributed by atoms with Crippen LogP contribution in [-0.4, -0.2) is 20.1 Å². The highest BCUT2D eigenvalue weighted by Gasteiger charge is 2.12. The van der Waals surface area contributed by atoms with Crippen molar-refractivity contribution >= 4 is 11.6 Å². The fourth-order valence-corrected chi connectivity index (χ4v) is 3.01. The first-order chi connectivity index (χ1) is 11.2. The van der Waals surface area contributed by atoms with E-state index in [4.69, 9.17) is 9.47 Å². The average Bonchev–Trinajstić information content (AvgIpc) is 3.01. The summed E-state index contributed by atoms with van der Waals surface area (Å²) in [7, 11) is 3.20. The van der Waals surface area contributed by atoms with Gasteiger partial charge in [0, 0.05) is 11.8 Å². The summed E-state index contributed by atoms with van der Waals surface area (Å²) in [4.78, 5) is 12.3. The quantitative estimate of drug-likeness (QED) is 0.921. The van der Waals surface area contributed by atoms with Gasteiger partial charge in [0.15, 0.2) is 0 Å². The molecule has 0 saturated carbocycles. The van der Waals surface area contributed by atoms with Crippen LogP contribution < -0.4 is 14.8 Å². The molecule has 0 bridgehead atoms. The number of fused-ring (bicyclic) bond motifs is 1.